The normalized spacial score (nSPS) is 23.0. The molecule has 0 saturated carbocycles. The molecule has 0 spiro atoms. The quantitative estimate of drug-likeness (QED) is 0.0488. The lowest BCUT2D eigenvalue weighted by Crippen LogP contribution is -2.34. The zero-order valence-electron chi connectivity index (χ0n) is 47.3. The molecule has 0 radical (unpaired) electrons. The highest BCUT2D eigenvalue weighted by Crippen LogP contribution is 2.34. The first-order chi connectivity index (χ1) is 36.8. The Bertz CT molecular complexity index is 1950. The molecule has 0 amide bonds. The maximum Gasteiger partial charge on any atom is 0.229 e. The fourth-order valence-electron chi connectivity index (χ4n) is 10.00. The first-order valence-corrected chi connectivity index (χ1v) is 32.2. The summed E-state index contributed by atoms with van der Waals surface area (Å²) in [5, 5.41) is 17.9. The Morgan fingerprint density at radius 2 is 1.21 bits per heavy atom. The Morgan fingerprint density at radius 3 is 1.53 bits per heavy atom. The summed E-state index contributed by atoms with van der Waals surface area (Å²) in [4.78, 5) is 35.0. The molecule has 0 aromatic carbocycles. The Morgan fingerprint density at radius 1 is 0.753 bits per heavy atom. The van der Waals surface area contributed by atoms with Crippen LogP contribution in [0, 0.1) is 29.7 Å². The van der Waals surface area contributed by atoms with Gasteiger partial charge in [0.15, 0.2) is 4.30 Å². The first kappa shape index (κ1) is 88.3. The van der Waals surface area contributed by atoms with Gasteiger partial charge in [-0.3, -0.25) is 24.5 Å². The average Bonchev–Trinajstić information content (AvgIpc) is 4.30. The summed E-state index contributed by atoms with van der Waals surface area (Å²) < 4.78 is 9.33. The van der Waals surface area contributed by atoms with Crippen LogP contribution in [-0.2, 0) is 14.0 Å². The van der Waals surface area contributed by atoms with Crippen molar-refractivity contribution >= 4 is 99.2 Å². The molecular weight excluding hydrogens is 1230 g/mol. The minimum Gasteiger partial charge on any atom is -0.395 e. The van der Waals surface area contributed by atoms with Crippen LogP contribution in [0.3, 0.4) is 0 Å². The standard InChI is InChI=1S/C12H20N2.C10H13BrN2.C10H14N2.C7H12N2.C6H12ClN.C6H13NO.C4H6O.CHCl3.4CH4.Cl2OS/c1-4-6-10(2)11(9-13)12-7-5-8-14(12)3;1-13-7-3-5-9(13)8-4-2-6-12-10(8)11;1-12-7-3-5-10(12)9-4-2-6-11-8-9;1-8-6-7-4-3-5-9(7)2;1-8-4-2-3-6(8)5-7;1-7-4-2-3-6(7)5-8;1-2-3-4-5;2-1(3)4;;;;;1-4(2)3/h4,6,10-12H,5,7-8H2,1-3H3;2,4,6,9H,3,5,7H2,1H3;2,4,6,8,10H,3,5,7H2,1H3;7H,3-6H2,2H3;6H,2-5H2,1H3;6,8H,2-5H2,1H3;2-4H,1H3;1H;4*1H4;/b6-4+;;;;;;3-2+;;;;;;/t10?,11-,12-;9-;10-;7-;2*6-;;;;;;;/m000000......./s1. The monoisotopic (exact) mass is 1340 g/mol. The van der Waals surface area contributed by atoms with Crippen LogP contribution < -0.4 is 0 Å². The lowest BCUT2D eigenvalue weighted by molar-refractivity contribution is -0.104. The van der Waals surface area contributed by atoms with E-state index in [0.717, 1.165) is 29.9 Å². The fraction of sp³-hybridized carbons (Fsp3) is 0.717. The zero-order valence-corrected chi connectivity index (χ0v) is 54.2. The second-order valence-electron chi connectivity index (χ2n) is 19.8. The lowest BCUT2D eigenvalue weighted by Gasteiger charge is -2.27. The molecule has 8 heterocycles. The molecule has 1 unspecified atom stereocenters. The van der Waals surface area contributed by atoms with Gasteiger partial charge in [-0.15, -0.1) is 11.6 Å². The smallest absolute Gasteiger partial charge is 0.229 e. The van der Waals surface area contributed by atoms with E-state index < -0.39 is 13.5 Å². The van der Waals surface area contributed by atoms with Gasteiger partial charge in [0.2, 0.25) is 15.8 Å². The summed E-state index contributed by atoms with van der Waals surface area (Å²) in [5.74, 6) is 1.32. The van der Waals surface area contributed by atoms with E-state index in [4.69, 9.17) is 62.3 Å². The van der Waals surface area contributed by atoms with Crippen molar-refractivity contribution in [2.24, 2.45) is 11.8 Å². The second kappa shape index (κ2) is 55.1. The number of carbonyl (C=O) groups is 1. The molecule has 2 aromatic rings. The third-order valence-corrected chi connectivity index (χ3v) is 15.5. The highest BCUT2D eigenvalue weighted by molar-refractivity contribution is 9.10. The predicted molar refractivity (Wildman–Crippen MR) is 359 cm³/mol. The number of likely N-dealkylation sites (tertiary alicyclic amines) is 6. The zero-order chi connectivity index (χ0) is 58.1. The molecule has 1 N–H and O–H groups in total. The summed E-state index contributed by atoms with van der Waals surface area (Å²) >= 11 is 23.6. The number of nitriles is 1. The number of aliphatic hydroxyl groups is 1. The van der Waals surface area contributed by atoms with E-state index in [9.17, 15) is 10.1 Å². The van der Waals surface area contributed by atoms with Crippen molar-refractivity contribution in [1.29, 1.82) is 5.26 Å². The van der Waals surface area contributed by atoms with Crippen LogP contribution in [0.15, 0.2) is 71.8 Å². The number of aldehydes is 1. The highest BCUT2D eigenvalue weighted by Gasteiger charge is 2.32. The molecule has 8 atom stereocenters. The maximum atomic E-state index is 9.32. The third-order valence-electron chi connectivity index (χ3n) is 14.4. The molecule has 0 aliphatic carbocycles. The van der Waals surface area contributed by atoms with Gasteiger partial charge in [0.1, 0.15) is 10.9 Å². The lowest BCUT2D eigenvalue weighted by atomic mass is 9.87. The van der Waals surface area contributed by atoms with E-state index in [-0.39, 0.29) is 35.6 Å². The van der Waals surface area contributed by atoms with Crippen LogP contribution in [-0.4, -0.2) is 184 Å². The van der Waals surface area contributed by atoms with E-state index in [1.54, 1.807) is 13.0 Å². The van der Waals surface area contributed by atoms with Crippen molar-refractivity contribution < 1.29 is 14.1 Å². The van der Waals surface area contributed by atoms with Gasteiger partial charge < -0.3 is 24.7 Å². The van der Waals surface area contributed by atoms with E-state index in [1.807, 2.05) is 43.7 Å². The molecule has 0 bridgehead atoms. The molecule has 81 heavy (non-hydrogen) atoms. The van der Waals surface area contributed by atoms with Crippen LogP contribution in [0.1, 0.15) is 151 Å². The first-order valence-electron chi connectivity index (χ1n) is 26.8. The van der Waals surface area contributed by atoms with Crippen molar-refractivity contribution in [1.82, 2.24) is 39.4 Å². The number of halogens is 7. The van der Waals surface area contributed by atoms with Crippen LogP contribution in [0.2, 0.25) is 0 Å². The highest BCUT2D eigenvalue weighted by atomic mass is 79.9. The second-order valence-corrected chi connectivity index (χ2v) is 25.3. The summed E-state index contributed by atoms with van der Waals surface area (Å²) in [7, 11) is 20.2. The number of aromatic nitrogens is 2. The van der Waals surface area contributed by atoms with Gasteiger partial charge in [-0.2, -0.15) is 5.26 Å². The average molecular weight is 1340 g/mol. The van der Waals surface area contributed by atoms with Crippen LogP contribution in [0.4, 0.5) is 0 Å². The number of hydrogen-bond acceptors (Lipinski definition) is 12. The number of alkyl halides is 4. The number of carbonyl (C=O) groups excluding carboxylic acids is 1. The Hall–Kier alpha value is -1.48. The summed E-state index contributed by atoms with van der Waals surface area (Å²) in [6.45, 7) is 20.8. The summed E-state index contributed by atoms with van der Waals surface area (Å²) in [6.07, 6.45) is 28.8. The van der Waals surface area contributed by atoms with Gasteiger partial charge in [0, 0.05) is 81.6 Å². The number of pyridine rings is 2. The van der Waals surface area contributed by atoms with Gasteiger partial charge in [-0.05, 0) is 218 Å². The van der Waals surface area contributed by atoms with Crippen molar-refractivity contribution in [2.45, 2.75) is 168 Å². The summed E-state index contributed by atoms with van der Waals surface area (Å²) in [6, 6.07) is 14.1. The van der Waals surface area contributed by atoms with Gasteiger partial charge >= 0.3 is 0 Å². The molecular formula is C60H107BrCl6N10O3S. The topological polar surface area (TPSA) is 128 Å². The molecule has 13 nitrogen and oxygen atoms in total. The van der Waals surface area contributed by atoms with Gasteiger partial charge in [-0.1, -0.05) is 102 Å². The van der Waals surface area contributed by atoms with Crippen molar-refractivity contribution in [3.63, 3.8) is 0 Å². The van der Waals surface area contributed by atoms with Crippen LogP contribution in [0.25, 0.3) is 4.85 Å². The Labute approximate surface area is 534 Å². The molecule has 470 valence electrons. The molecule has 8 rings (SSSR count). The number of hydrogen-bond donors (Lipinski definition) is 1. The SMILES string of the molecule is C.C.C.C.C/C=C/C(C)[C@H](C#N)[C@@H]1CCCN1C.C/C=C/C=O.CN1CCC[C@H]1CCl.CN1CCC[C@H]1CO.CN1CCC[C@H]1c1cccnc1.CN1CCC[C@H]1c1cccnc1Br.ClC(Cl)Cl.O=S(Cl)Cl.[C-]#[N+]C[C@@H]1CCCN1C. The number of nitrogens with zero attached hydrogens (tertiary/aromatic N) is 10. The van der Waals surface area contributed by atoms with Crippen molar-refractivity contribution in [3.05, 3.63) is 94.3 Å². The largest absolute Gasteiger partial charge is 0.395 e. The van der Waals surface area contributed by atoms with E-state index >= 15 is 0 Å². The minimum absolute atomic E-state index is 0. The molecule has 6 fully saturated rings. The number of allylic oxidation sites excluding steroid dienone is 4. The molecule has 6 saturated heterocycles. The Balaban J connectivity index is -0.000000273. The number of aliphatic hydroxyl groups excluding tert-OH is 1. The molecule has 2 aromatic heterocycles. The van der Waals surface area contributed by atoms with Gasteiger partial charge in [-0.25, -0.2) is 15.8 Å². The third kappa shape index (κ3) is 39.8. The van der Waals surface area contributed by atoms with Gasteiger partial charge in [0.25, 0.3) is 0 Å². The van der Waals surface area contributed by atoms with Crippen LogP contribution in [0.5, 0.6) is 0 Å². The molecule has 21 heteroatoms. The van der Waals surface area contributed by atoms with E-state index in [2.05, 4.69) is 155 Å². The van der Waals surface area contributed by atoms with E-state index in [0.29, 0.717) is 55.3 Å². The number of rotatable bonds is 9. The predicted octanol–water partition coefficient (Wildman–Crippen LogP) is 15.6. The Kier molecular flexibility index (Phi) is 60.1. The van der Waals surface area contributed by atoms with Crippen molar-refractivity contribution in [2.75, 3.05) is 101 Å². The molecule has 6 aliphatic heterocycles. The molecule has 6 aliphatic rings. The van der Waals surface area contributed by atoms with E-state index in [1.165, 1.54) is 120 Å². The number of likely N-dealkylation sites (N-methyl/N-ethyl adjacent to an activating group) is 2. The maximum absolute atomic E-state index is 9.32. The minimum atomic E-state index is -1.67. The van der Waals surface area contributed by atoms with Crippen LogP contribution >= 0.6 is 83.7 Å². The van der Waals surface area contributed by atoms with Gasteiger partial charge in [0.05, 0.1) is 24.6 Å². The summed E-state index contributed by atoms with van der Waals surface area (Å²) in [5.41, 5.74) is 2.68. The van der Waals surface area contributed by atoms with Crippen molar-refractivity contribution in [3.8, 4) is 6.07 Å². The fourth-order valence-corrected chi connectivity index (χ4v) is 10.9.